The van der Waals surface area contributed by atoms with Gasteiger partial charge in [-0.15, -0.1) is 5.10 Å². The molecule has 27 heavy (non-hydrogen) atoms. The zero-order valence-corrected chi connectivity index (χ0v) is 17.1. The van der Waals surface area contributed by atoms with Crippen LogP contribution in [0.15, 0.2) is 40.7 Å². The molecule has 0 saturated heterocycles. The summed E-state index contributed by atoms with van der Waals surface area (Å²) in [7, 11) is 0. The van der Waals surface area contributed by atoms with Gasteiger partial charge < -0.3 is 5.32 Å². The zero-order chi connectivity index (χ0) is 19.1. The lowest BCUT2D eigenvalue weighted by Crippen LogP contribution is -2.33. The molecule has 1 N–H and O–H groups in total. The van der Waals surface area contributed by atoms with Gasteiger partial charge >= 0.3 is 0 Å². The molecule has 1 aliphatic heterocycles. The molecule has 1 aliphatic carbocycles. The van der Waals surface area contributed by atoms with Crippen molar-refractivity contribution in [3.05, 3.63) is 46.7 Å². The van der Waals surface area contributed by atoms with Crippen LogP contribution in [0.2, 0.25) is 0 Å². The van der Waals surface area contributed by atoms with E-state index in [9.17, 15) is 4.79 Å². The molecule has 2 aromatic rings. The maximum Gasteiger partial charge on any atom is 0.227 e. The minimum absolute atomic E-state index is 0.198. The molecule has 0 spiro atoms. The van der Waals surface area contributed by atoms with Crippen LogP contribution in [0.4, 0.5) is 5.95 Å². The van der Waals surface area contributed by atoms with Crippen LogP contribution in [0.3, 0.4) is 0 Å². The number of hydrogen-bond acceptors (Lipinski definition) is 5. The third-order valence-electron chi connectivity index (χ3n) is 5.30. The maximum absolute atomic E-state index is 13.0. The summed E-state index contributed by atoms with van der Waals surface area (Å²) in [5.41, 5.74) is 4.27. The number of Topliss-reactive ketones (excluding diaryl/α,β-unsaturated/α-hetero) is 1. The Morgan fingerprint density at radius 3 is 2.67 bits per heavy atom. The Morgan fingerprint density at radius 1 is 1.26 bits per heavy atom. The molecule has 0 fully saturated rings. The number of carbonyl (C=O) groups is 1. The summed E-state index contributed by atoms with van der Waals surface area (Å²) in [6.07, 6.45) is 1.48. The highest BCUT2D eigenvalue weighted by molar-refractivity contribution is 7.99. The lowest BCUT2D eigenvalue weighted by molar-refractivity contribution is -0.117. The van der Waals surface area contributed by atoms with Gasteiger partial charge in [-0.3, -0.25) is 4.79 Å². The van der Waals surface area contributed by atoms with E-state index in [-0.39, 0.29) is 11.8 Å². The fourth-order valence-electron chi connectivity index (χ4n) is 3.95. The number of fused-ring (bicyclic) bond motifs is 1. The molecular weight excluding hydrogens is 356 g/mol. The lowest BCUT2D eigenvalue weighted by Gasteiger charge is -2.34. The molecule has 0 radical (unpaired) electrons. The smallest absolute Gasteiger partial charge is 0.227 e. The van der Waals surface area contributed by atoms with Crippen LogP contribution in [0.25, 0.3) is 0 Å². The summed E-state index contributed by atoms with van der Waals surface area (Å²) in [6, 6.07) is 8.40. The van der Waals surface area contributed by atoms with Crippen molar-refractivity contribution in [1.82, 2.24) is 14.8 Å². The van der Waals surface area contributed by atoms with E-state index in [4.69, 9.17) is 5.10 Å². The number of thioether (sulfide) groups is 1. The standard InChI is InChI=1S/C21H26N4OS/c1-5-27-21-23-20-22-16-10-13(4)11-17(26)18(16)19(25(20)24-21)15-8-6-14(7-9-15)12(2)3/h6-9,12-13,19H,5,10-11H2,1-4H3,(H,22,23,24)/t13-,19+/m0/s1. The minimum Gasteiger partial charge on any atom is -0.328 e. The molecule has 142 valence electrons. The van der Waals surface area contributed by atoms with Gasteiger partial charge in [0.25, 0.3) is 0 Å². The molecular formula is C21H26N4OS. The molecule has 6 heteroatoms. The average molecular weight is 383 g/mol. The summed E-state index contributed by atoms with van der Waals surface area (Å²) in [5.74, 6) is 2.71. The number of rotatable bonds is 4. The van der Waals surface area contributed by atoms with Crippen molar-refractivity contribution in [3.8, 4) is 0 Å². The van der Waals surface area contributed by atoms with Crippen molar-refractivity contribution >= 4 is 23.5 Å². The van der Waals surface area contributed by atoms with Crippen molar-refractivity contribution in [2.24, 2.45) is 5.92 Å². The third-order valence-corrected chi connectivity index (χ3v) is 6.02. The second kappa shape index (κ2) is 7.15. The number of aromatic nitrogens is 3. The summed E-state index contributed by atoms with van der Waals surface area (Å²) in [6.45, 7) is 8.61. The van der Waals surface area contributed by atoms with Crippen molar-refractivity contribution in [3.63, 3.8) is 0 Å². The quantitative estimate of drug-likeness (QED) is 0.771. The van der Waals surface area contributed by atoms with Crippen LogP contribution < -0.4 is 5.32 Å². The predicted octanol–water partition coefficient (Wildman–Crippen LogP) is 4.78. The molecule has 1 aromatic carbocycles. The molecule has 2 heterocycles. The van der Waals surface area contributed by atoms with Gasteiger partial charge in [-0.1, -0.05) is 63.7 Å². The monoisotopic (exact) mass is 382 g/mol. The van der Waals surface area contributed by atoms with Gasteiger partial charge in [0.1, 0.15) is 6.04 Å². The minimum atomic E-state index is -0.198. The number of nitrogens with zero attached hydrogens (tertiary/aromatic N) is 3. The zero-order valence-electron chi connectivity index (χ0n) is 16.3. The number of benzene rings is 1. The molecule has 1 aromatic heterocycles. The Labute approximate surface area is 164 Å². The molecule has 0 amide bonds. The topological polar surface area (TPSA) is 59.8 Å². The SMILES string of the molecule is CCSc1nc2n(n1)[C@H](c1ccc(C(C)C)cc1)C1=C(C[C@H](C)CC1=O)N2. The first-order valence-corrected chi connectivity index (χ1v) is 10.7. The number of nitrogens with one attached hydrogen (secondary N) is 1. The fraction of sp³-hybridized carbons (Fsp3) is 0.476. The highest BCUT2D eigenvalue weighted by Gasteiger charge is 2.38. The van der Waals surface area contributed by atoms with E-state index in [2.05, 4.69) is 62.3 Å². The molecule has 2 atom stereocenters. The predicted molar refractivity (Wildman–Crippen MR) is 109 cm³/mol. The second-order valence-electron chi connectivity index (χ2n) is 7.77. The largest absolute Gasteiger partial charge is 0.328 e. The molecule has 0 saturated carbocycles. The van der Waals surface area contributed by atoms with Crippen LogP contribution >= 0.6 is 11.8 Å². The van der Waals surface area contributed by atoms with E-state index in [1.807, 2.05) is 4.68 Å². The Balaban J connectivity index is 1.83. The highest BCUT2D eigenvalue weighted by atomic mass is 32.2. The van der Waals surface area contributed by atoms with Crippen molar-refractivity contribution in [1.29, 1.82) is 0 Å². The van der Waals surface area contributed by atoms with Gasteiger partial charge in [0.15, 0.2) is 5.78 Å². The molecule has 0 unspecified atom stereocenters. The molecule has 0 bridgehead atoms. The van der Waals surface area contributed by atoms with E-state index in [0.717, 1.165) is 40.1 Å². The summed E-state index contributed by atoms with van der Waals surface area (Å²) < 4.78 is 1.90. The fourth-order valence-corrected chi connectivity index (χ4v) is 4.50. The van der Waals surface area contributed by atoms with Crippen molar-refractivity contribution in [2.75, 3.05) is 11.1 Å². The first-order chi connectivity index (χ1) is 13.0. The number of anilines is 1. The number of ketones is 1. The highest BCUT2D eigenvalue weighted by Crippen LogP contribution is 2.42. The van der Waals surface area contributed by atoms with E-state index in [1.165, 1.54) is 5.56 Å². The van der Waals surface area contributed by atoms with E-state index in [0.29, 0.717) is 18.3 Å². The Morgan fingerprint density at radius 2 is 2.00 bits per heavy atom. The third kappa shape index (κ3) is 3.31. The Bertz CT molecular complexity index is 897. The van der Waals surface area contributed by atoms with Crippen LogP contribution in [-0.2, 0) is 4.79 Å². The summed E-state index contributed by atoms with van der Waals surface area (Å²) in [5, 5.41) is 8.88. The van der Waals surface area contributed by atoms with Crippen LogP contribution in [-0.4, -0.2) is 26.3 Å². The van der Waals surface area contributed by atoms with Gasteiger partial charge in [0.05, 0.1) is 0 Å². The molecule has 4 rings (SSSR count). The number of carbonyl (C=O) groups excluding carboxylic acids is 1. The van der Waals surface area contributed by atoms with Crippen molar-refractivity contribution < 1.29 is 4.79 Å². The van der Waals surface area contributed by atoms with Crippen molar-refractivity contribution in [2.45, 2.75) is 57.7 Å². The maximum atomic E-state index is 13.0. The summed E-state index contributed by atoms with van der Waals surface area (Å²) >= 11 is 1.62. The van der Waals surface area contributed by atoms with E-state index < -0.39 is 0 Å². The van der Waals surface area contributed by atoms with Crippen LogP contribution in [0.5, 0.6) is 0 Å². The second-order valence-corrected chi connectivity index (χ2v) is 9.00. The average Bonchev–Trinajstić information content (AvgIpc) is 3.02. The van der Waals surface area contributed by atoms with Gasteiger partial charge in [0.2, 0.25) is 11.1 Å². The molecule has 2 aliphatic rings. The summed E-state index contributed by atoms with van der Waals surface area (Å²) in [4.78, 5) is 17.6. The van der Waals surface area contributed by atoms with E-state index >= 15 is 0 Å². The first kappa shape index (κ1) is 18.3. The normalized spacial score (nSPS) is 21.9. The lowest BCUT2D eigenvalue weighted by atomic mass is 9.81. The van der Waals surface area contributed by atoms with Gasteiger partial charge in [-0.2, -0.15) is 4.98 Å². The van der Waals surface area contributed by atoms with Gasteiger partial charge in [-0.05, 0) is 35.1 Å². The van der Waals surface area contributed by atoms with E-state index in [1.54, 1.807) is 11.8 Å². The van der Waals surface area contributed by atoms with Gasteiger partial charge in [0, 0.05) is 17.7 Å². The first-order valence-electron chi connectivity index (χ1n) is 9.70. The van der Waals surface area contributed by atoms with Crippen LogP contribution in [0.1, 0.15) is 63.6 Å². The number of allylic oxidation sites excluding steroid dienone is 2. The van der Waals surface area contributed by atoms with Gasteiger partial charge in [-0.25, -0.2) is 4.68 Å². The number of hydrogen-bond donors (Lipinski definition) is 1. The Hall–Kier alpha value is -2.08. The Kier molecular flexibility index (Phi) is 4.84. The molecule has 5 nitrogen and oxygen atoms in total. The van der Waals surface area contributed by atoms with Crippen LogP contribution in [0, 0.1) is 5.92 Å².